The Morgan fingerprint density at radius 1 is 1.00 bits per heavy atom. The van der Waals surface area contributed by atoms with Gasteiger partial charge in [0.1, 0.15) is 18.1 Å². The number of benzene rings is 2. The molecule has 0 amide bonds. The zero-order valence-electron chi connectivity index (χ0n) is 17.3. The van der Waals surface area contributed by atoms with Crippen molar-refractivity contribution in [2.75, 3.05) is 0 Å². The molecular weight excluding hydrogens is 442 g/mol. The number of hydrogen-bond acceptors (Lipinski definition) is 7. The normalized spacial score (nSPS) is 11.4. The Bertz CT molecular complexity index is 1240. The molecule has 2 heterocycles. The molecule has 0 aliphatic heterocycles. The van der Waals surface area contributed by atoms with Crippen LogP contribution in [0, 0.1) is 0 Å². The van der Waals surface area contributed by atoms with Gasteiger partial charge in [-0.1, -0.05) is 71.9 Å². The van der Waals surface area contributed by atoms with E-state index in [9.17, 15) is 14.7 Å². The van der Waals surface area contributed by atoms with Gasteiger partial charge in [-0.3, -0.25) is 4.79 Å². The summed E-state index contributed by atoms with van der Waals surface area (Å²) in [5, 5.41) is 14.7. The smallest absolute Gasteiger partial charge is 0.359 e. The summed E-state index contributed by atoms with van der Waals surface area (Å²) < 4.78 is 11.5. The van der Waals surface area contributed by atoms with E-state index in [0.29, 0.717) is 4.88 Å². The minimum atomic E-state index is -1.21. The second-order valence-corrected chi connectivity index (χ2v) is 7.84. The molecular formula is C25H19NO6S. The molecule has 4 rings (SSSR count). The van der Waals surface area contributed by atoms with Gasteiger partial charge in [0.15, 0.2) is 6.61 Å². The Balaban J connectivity index is 1.50. The lowest BCUT2D eigenvalue weighted by Crippen LogP contribution is -2.15. The second kappa shape index (κ2) is 10.4. The van der Waals surface area contributed by atoms with E-state index in [2.05, 4.69) is 5.16 Å². The van der Waals surface area contributed by atoms with Crippen molar-refractivity contribution in [3.05, 3.63) is 122 Å². The van der Waals surface area contributed by atoms with Crippen molar-refractivity contribution >= 4 is 23.0 Å². The van der Waals surface area contributed by atoms with Crippen LogP contribution in [0.2, 0.25) is 0 Å². The van der Waals surface area contributed by atoms with Crippen LogP contribution in [0.3, 0.4) is 0 Å². The molecule has 0 fully saturated rings. The van der Waals surface area contributed by atoms with Gasteiger partial charge in [-0.05, 0) is 22.6 Å². The van der Waals surface area contributed by atoms with Crippen LogP contribution in [0.1, 0.15) is 27.9 Å². The molecule has 4 aromatic rings. The third-order valence-corrected chi connectivity index (χ3v) is 5.50. The van der Waals surface area contributed by atoms with Crippen molar-refractivity contribution in [3.63, 3.8) is 0 Å². The standard InChI is InChI=1S/C25H19NO6S/c27-20-14-19(15-31-26-23(25(28)29)22-12-7-13-33-22)30-16-21(20)32-24(17-8-3-1-4-9-17)18-10-5-2-6-11-18/h1-14,16,24H,15H2,(H,28,29)/b26-23+. The summed E-state index contributed by atoms with van der Waals surface area (Å²) in [6.07, 6.45) is 0.729. The van der Waals surface area contributed by atoms with Crippen LogP contribution in [0.25, 0.3) is 0 Å². The minimum absolute atomic E-state index is 0.0461. The molecule has 0 aliphatic rings. The van der Waals surface area contributed by atoms with Crippen molar-refractivity contribution in [3.8, 4) is 5.75 Å². The minimum Gasteiger partial charge on any atom is -0.476 e. The average molecular weight is 461 g/mol. The van der Waals surface area contributed by atoms with Gasteiger partial charge < -0.3 is 19.1 Å². The van der Waals surface area contributed by atoms with Crippen LogP contribution in [0.15, 0.2) is 105 Å². The number of aliphatic carboxylic acids is 1. The van der Waals surface area contributed by atoms with E-state index >= 15 is 0 Å². The molecule has 2 aromatic carbocycles. The molecule has 1 N–H and O–H groups in total. The van der Waals surface area contributed by atoms with E-state index in [1.807, 2.05) is 60.7 Å². The maximum atomic E-state index is 12.7. The topological polar surface area (TPSA) is 98.3 Å². The van der Waals surface area contributed by atoms with Gasteiger partial charge in [-0.25, -0.2) is 4.79 Å². The van der Waals surface area contributed by atoms with Crippen molar-refractivity contribution < 1.29 is 23.9 Å². The van der Waals surface area contributed by atoms with E-state index in [1.54, 1.807) is 17.5 Å². The van der Waals surface area contributed by atoms with Gasteiger partial charge in [-0.15, -0.1) is 11.3 Å². The Morgan fingerprint density at radius 3 is 2.21 bits per heavy atom. The van der Waals surface area contributed by atoms with E-state index in [-0.39, 0.29) is 23.8 Å². The highest BCUT2D eigenvalue weighted by Crippen LogP contribution is 2.27. The van der Waals surface area contributed by atoms with Crippen molar-refractivity contribution in [2.24, 2.45) is 5.16 Å². The summed E-state index contributed by atoms with van der Waals surface area (Å²) in [4.78, 5) is 29.6. The molecule has 2 aromatic heterocycles. The number of carboxylic acids is 1. The first-order valence-electron chi connectivity index (χ1n) is 9.97. The van der Waals surface area contributed by atoms with Gasteiger partial charge in [-0.2, -0.15) is 0 Å². The highest BCUT2D eigenvalue weighted by Gasteiger charge is 2.18. The first-order valence-corrected chi connectivity index (χ1v) is 10.8. The van der Waals surface area contributed by atoms with Crippen LogP contribution in [-0.4, -0.2) is 16.8 Å². The molecule has 0 saturated carbocycles. The summed E-state index contributed by atoms with van der Waals surface area (Å²) >= 11 is 1.23. The first-order chi connectivity index (χ1) is 16.1. The van der Waals surface area contributed by atoms with Crippen LogP contribution < -0.4 is 10.2 Å². The van der Waals surface area contributed by atoms with Gasteiger partial charge in [0.25, 0.3) is 0 Å². The summed E-state index contributed by atoms with van der Waals surface area (Å²) in [7, 11) is 0. The predicted octanol–water partition coefficient (Wildman–Crippen LogP) is 4.88. The zero-order valence-corrected chi connectivity index (χ0v) is 18.1. The fraction of sp³-hybridized carbons (Fsp3) is 0.0800. The van der Waals surface area contributed by atoms with Crippen LogP contribution in [0.5, 0.6) is 5.75 Å². The Labute approximate surface area is 193 Å². The SMILES string of the molecule is O=C(O)/C(=N/OCc1cc(=O)c(OC(c2ccccc2)c2ccccc2)co1)c1cccs1. The molecule has 8 heteroatoms. The molecule has 166 valence electrons. The molecule has 0 aliphatic carbocycles. The van der Waals surface area contributed by atoms with Gasteiger partial charge in [0.2, 0.25) is 16.9 Å². The zero-order chi connectivity index (χ0) is 23.0. The fourth-order valence-electron chi connectivity index (χ4n) is 3.07. The number of ether oxygens (including phenoxy) is 1. The van der Waals surface area contributed by atoms with Gasteiger partial charge in [0.05, 0.1) is 4.88 Å². The molecule has 0 radical (unpaired) electrons. The van der Waals surface area contributed by atoms with Crippen LogP contribution in [0.4, 0.5) is 0 Å². The lowest BCUT2D eigenvalue weighted by molar-refractivity contribution is -0.129. The van der Waals surface area contributed by atoms with Gasteiger partial charge >= 0.3 is 5.97 Å². The number of carbonyl (C=O) groups is 1. The molecule has 33 heavy (non-hydrogen) atoms. The Morgan fingerprint density at radius 2 is 1.67 bits per heavy atom. The average Bonchev–Trinajstić information content (AvgIpc) is 3.37. The van der Waals surface area contributed by atoms with Crippen LogP contribution >= 0.6 is 11.3 Å². The van der Waals surface area contributed by atoms with Crippen molar-refractivity contribution in [1.82, 2.24) is 0 Å². The summed E-state index contributed by atoms with van der Waals surface area (Å²) in [6.45, 7) is -0.210. The maximum absolute atomic E-state index is 12.7. The quantitative estimate of drug-likeness (QED) is 0.282. The number of hydrogen-bond donors (Lipinski definition) is 1. The maximum Gasteiger partial charge on any atom is 0.359 e. The lowest BCUT2D eigenvalue weighted by Gasteiger charge is -2.19. The molecule has 0 bridgehead atoms. The number of nitrogens with zero attached hydrogens (tertiary/aromatic N) is 1. The third-order valence-electron chi connectivity index (χ3n) is 4.62. The third kappa shape index (κ3) is 5.55. The van der Waals surface area contributed by atoms with E-state index in [4.69, 9.17) is 14.0 Å². The van der Waals surface area contributed by atoms with Gasteiger partial charge in [0, 0.05) is 6.07 Å². The van der Waals surface area contributed by atoms with Crippen LogP contribution in [-0.2, 0) is 16.2 Å². The number of rotatable bonds is 9. The monoisotopic (exact) mass is 461 g/mol. The van der Waals surface area contributed by atoms with E-state index in [1.165, 1.54) is 23.7 Å². The first kappa shape index (κ1) is 22.0. The second-order valence-electron chi connectivity index (χ2n) is 6.89. The molecule has 7 nitrogen and oxygen atoms in total. The predicted molar refractivity (Wildman–Crippen MR) is 124 cm³/mol. The van der Waals surface area contributed by atoms with E-state index < -0.39 is 17.5 Å². The largest absolute Gasteiger partial charge is 0.476 e. The summed E-state index contributed by atoms with van der Waals surface area (Å²) in [5.74, 6) is -0.983. The Hall–Kier alpha value is -4.17. The lowest BCUT2D eigenvalue weighted by atomic mass is 10.0. The molecule has 0 spiro atoms. The van der Waals surface area contributed by atoms with Crippen molar-refractivity contribution in [2.45, 2.75) is 12.7 Å². The number of carboxylic acid groups (broad SMARTS) is 1. The fourth-order valence-corrected chi connectivity index (χ4v) is 3.77. The van der Waals surface area contributed by atoms with Crippen molar-refractivity contribution in [1.29, 1.82) is 0 Å². The number of oxime groups is 1. The molecule has 0 unspecified atom stereocenters. The van der Waals surface area contributed by atoms with E-state index in [0.717, 1.165) is 11.1 Å². The number of thiophene rings is 1. The molecule has 0 atom stereocenters. The summed E-state index contributed by atoms with van der Waals surface area (Å²) in [6, 6.07) is 23.7. The highest BCUT2D eigenvalue weighted by molar-refractivity contribution is 7.13. The highest BCUT2D eigenvalue weighted by atomic mass is 32.1. The summed E-state index contributed by atoms with van der Waals surface area (Å²) in [5.41, 5.74) is 1.16. The Kier molecular flexibility index (Phi) is 6.96. The molecule has 0 saturated heterocycles.